The number of nitrogens with one attached hydrogen (secondary N) is 1. The van der Waals surface area contributed by atoms with Gasteiger partial charge in [-0.3, -0.25) is 0 Å². The fourth-order valence-electron chi connectivity index (χ4n) is 1.58. The van der Waals surface area contributed by atoms with Crippen molar-refractivity contribution < 1.29 is 17.9 Å². The Morgan fingerprint density at radius 1 is 1.50 bits per heavy atom. The summed E-state index contributed by atoms with van der Waals surface area (Å²) >= 11 is 1.35. The minimum Gasteiger partial charge on any atom is -0.472 e. The zero-order chi connectivity index (χ0) is 13.2. The predicted molar refractivity (Wildman–Crippen MR) is 68.9 cm³/mol. The zero-order valence-corrected chi connectivity index (χ0v) is 11.3. The molecule has 0 saturated heterocycles. The van der Waals surface area contributed by atoms with Crippen LogP contribution in [0.5, 0.6) is 0 Å². The Balaban J connectivity index is 2.35. The molecule has 98 valence electrons. The number of furan rings is 1. The first kappa shape index (κ1) is 13.3. The van der Waals surface area contributed by atoms with Crippen LogP contribution in [0.4, 0.5) is 0 Å². The Morgan fingerprint density at radius 3 is 2.78 bits per heavy atom. The highest BCUT2D eigenvalue weighted by molar-refractivity contribution is 7.88. The van der Waals surface area contributed by atoms with Gasteiger partial charge in [-0.15, -0.1) is 11.3 Å². The molecule has 18 heavy (non-hydrogen) atoms. The summed E-state index contributed by atoms with van der Waals surface area (Å²) in [5, 5.41) is 12.5. The van der Waals surface area contributed by atoms with E-state index in [-0.39, 0.29) is 6.54 Å². The van der Waals surface area contributed by atoms with Crippen LogP contribution in [0.1, 0.15) is 10.4 Å². The molecule has 0 radical (unpaired) electrons. The van der Waals surface area contributed by atoms with Crippen molar-refractivity contribution >= 4 is 21.4 Å². The molecule has 2 rings (SSSR count). The Labute approximate surface area is 109 Å². The standard InChI is InChI=1S/C11H13NO4S2/c1-18(14,15)12-8-11(13,9-4-5-16-7-9)10-3-2-6-17-10/h2-7,12-13H,8H2,1H3/t11-/m1/s1. The van der Waals surface area contributed by atoms with Gasteiger partial charge in [0.2, 0.25) is 10.0 Å². The first-order valence-corrected chi connectivity index (χ1v) is 7.92. The van der Waals surface area contributed by atoms with E-state index in [1.165, 1.54) is 23.9 Å². The highest BCUT2D eigenvalue weighted by atomic mass is 32.2. The van der Waals surface area contributed by atoms with Crippen molar-refractivity contribution in [3.63, 3.8) is 0 Å². The van der Waals surface area contributed by atoms with E-state index in [4.69, 9.17) is 4.42 Å². The van der Waals surface area contributed by atoms with E-state index in [0.717, 1.165) is 6.26 Å². The third-order valence-corrected chi connectivity index (χ3v) is 4.21. The summed E-state index contributed by atoms with van der Waals surface area (Å²) in [6, 6.07) is 5.16. The highest BCUT2D eigenvalue weighted by Gasteiger charge is 2.34. The maximum absolute atomic E-state index is 11.2. The molecule has 2 aromatic rings. The minimum absolute atomic E-state index is 0.133. The van der Waals surface area contributed by atoms with Gasteiger partial charge in [-0.2, -0.15) is 0 Å². The fourth-order valence-corrected chi connectivity index (χ4v) is 2.90. The molecule has 2 aromatic heterocycles. The maximum Gasteiger partial charge on any atom is 0.208 e. The molecule has 5 nitrogen and oxygen atoms in total. The topological polar surface area (TPSA) is 79.5 Å². The van der Waals surface area contributed by atoms with Crippen LogP contribution in [0.2, 0.25) is 0 Å². The monoisotopic (exact) mass is 287 g/mol. The quantitative estimate of drug-likeness (QED) is 0.864. The number of rotatable bonds is 5. The summed E-state index contributed by atoms with van der Waals surface area (Å²) in [4.78, 5) is 0.653. The van der Waals surface area contributed by atoms with E-state index < -0.39 is 15.6 Å². The minimum atomic E-state index is -3.38. The summed E-state index contributed by atoms with van der Waals surface area (Å²) in [7, 11) is -3.38. The number of aliphatic hydroxyl groups is 1. The molecule has 0 amide bonds. The molecule has 0 bridgehead atoms. The molecule has 2 heterocycles. The molecule has 0 spiro atoms. The molecular formula is C11H13NO4S2. The van der Waals surface area contributed by atoms with E-state index in [2.05, 4.69) is 4.72 Å². The van der Waals surface area contributed by atoms with Gasteiger partial charge in [0.05, 0.1) is 18.8 Å². The molecule has 0 aliphatic heterocycles. The van der Waals surface area contributed by atoms with E-state index in [0.29, 0.717) is 10.4 Å². The van der Waals surface area contributed by atoms with E-state index in [1.807, 2.05) is 5.38 Å². The van der Waals surface area contributed by atoms with Gasteiger partial charge in [0.1, 0.15) is 5.60 Å². The van der Waals surface area contributed by atoms with E-state index >= 15 is 0 Å². The van der Waals surface area contributed by atoms with Crippen molar-refractivity contribution in [2.75, 3.05) is 12.8 Å². The Hall–Kier alpha value is -1.15. The molecule has 7 heteroatoms. The lowest BCUT2D eigenvalue weighted by Gasteiger charge is -2.25. The van der Waals surface area contributed by atoms with Crippen LogP contribution in [-0.2, 0) is 15.6 Å². The van der Waals surface area contributed by atoms with Gasteiger partial charge in [0.25, 0.3) is 0 Å². The summed E-state index contributed by atoms with van der Waals surface area (Å²) in [5.41, 5.74) is -0.898. The summed E-state index contributed by atoms with van der Waals surface area (Å²) in [6.07, 6.45) is 3.90. The van der Waals surface area contributed by atoms with Gasteiger partial charge in [0, 0.05) is 17.0 Å². The largest absolute Gasteiger partial charge is 0.472 e. The zero-order valence-electron chi connectivity index (χ0n) is 9.66. The first-order chi connectivity index (χ1) is 8.42. The normalized spacial score (nSPS) is 15.4. The lowest BCUT2D eigenvalue weighted by Crippen LogP contribution is -2.40. The lowest BCUT2D eigenvalue weighted by atomic mass is 9.95. The van der Waals surface area contributed by atoms with Gasteiger partial charge in [-0.1, -0.05) is 6.07 Å². The summed E-state index contributed by atoms with van der Waals surface area (Å²) in [6.45, 7) is -0.133. The number of hydrogen-bond acceptors (Lipinski definition) is 5. The molecule has 0 unspecified atom stereocenters. The molecular weight excluding hydrogens is 274 g/mol. The lowest BCUT2D eigenvalue weighted by molar-refractivity contribution is 0.0892. The Kier molecular flexibility index (Phi) is 3.58. The van der Waals surface area contributed by atoms with Crippen molar-refractivity contribution in [3.05, 3.63) is 46.5 Å². The SMILES string of the molecule is CS(=O)(=O)NC[C@@](O)(c1ccoc1)c1cccs1. The number of sulfonamides is 1. The molecule has 0 fully saturated rings. The van der Waals surface area contributed by atoms with Crippen LogP contribution in [0, 0.1) is 0 Å². The summed E-state index contributed by atoms with van der Waals surface area (Å²) in [5.74, 6) is 0. The smallest absolute Gasteiger partial charge is 0.208 e. The van der Waals surface area contributed by atoms with Crippen LogP contribution in [0.3, 0.4) is 0 Å². The highest BCUT2D eigenvalue weighted by Crippen LogP contribution is 2.32. The van der Waals surface area contributed by atoms with Crippen molar-refractivity contribution in [2.24, 2.45) is 0 Å². The number of thiophene rings is 1. The van der Waals surface area contributed by atoms with E-state index in [9.17, 15) is 13.5 Å². The average Bonchev–Trinajstić information content (AvgIpc) is 2.97. The third kappa shape index (κ3) is 2.81. The fraction of sp³-hybridized carbons (Fsp3) is 0.273. The van der Waals surface area contributed by atoms with Crippen LogP contribution in [0.25, 0.3) is 0 Å². The Bertz CT molecular complexity index is 553. The summed E-state index contributed by atoms with van der Waals surface area (Å²) < 4.78 is 29.6. The molecule has 0 aliphatic carbocycles. The van der Waals surface area contributed by atoms with Crippen LogP contribution < -0.4 is 4.72 Å². The van der Waals surface area contributed by atoms with Crippen LogP contribution in [0.15, 0.2) is 40.5 Å². The second kappa shape index (κ2) is 4.85. The molecule has 0 saturated carbocycles. The molecule has 2 N–H and O–H groups in total. The van der Waals surface area contributed by atoms with Gasteiger partial charge in [-0.25, -0.2) is 13.1 Å². The maximum atomic E-state index is 11.2. The van der Waals surface area contributed by atoms with Gasteiger partial charge >= 0.3 is 0 Å². The number of hydrogen-bond donors (Lipinski definition) is 2. The van der Waals surface area contributed by atoms with Gasteiger partial charge in [0.15, 0.2) is 0 Å². The van der Waals surface area contributed by atoms with Gasteiger partial charge in [-0.05, 0) is 17.5 Å². The first-order valence-electron chi connectivity index (χ1n) is 5.15. The van der Waals surface area contributed by atoms with Crippen molar-refractivity contribution in [3.8, 4) is 0 Å². The second-order valence-electron chi connectivity index (χ2n) is 3.94. The van der Waals surface area contributed by atoms with Crippen molar-refractivity contribution in [1.82, 2.24) is 4.72 Å². The molecule has 0 aliphatic rings. The Morgan fingerprint density at radius 2 is 2.28 bits per heavy atom. The third-order valence-electron chi connectivity index (χ3n) is 2.52. The van der Waals surface area contributed by atoms with Crippen LogP contribution >= 0.6 is 11.3 Å². The van der Waals surface area contributed by atoms with E-state index in [1.54, 1.807) is 18.2 Å². The average molecular weight is 287 g/mol. The van der Waals surface area contributed by atoms with Gasteiger partial charge < -0.3 is 9.52 Å². The molecule has 1 atom stereocenters. The second-order valence-corrected chi connectivity index (χ2v) is 6.72. The van der Waals surface area contributed by atoms with Crippen molar-refractivity contribution in [2.45, 2.75) is 5.60 Å². The molecule has 0 aromatic carbocycles. The predicted octanol–water partition coefficient (Wildman–Crippen LogP) is 1.13. The van der Waals surface area contributed by atoms with Crippen LogP contribution in [-0.4, -0.2) is 26.3 Å². The van der Waals surface area contributed by atoms with Crippen molar-refractivity contribution in [1.29, 1.82) is 0 Å².